The van der Waals surface area contributed by atoms with Crippen molar-refractivity contribution in [2.45, 2.75) is 53.1 Å². The number of rotatable bonds is 5. The lowest BCUT2D eigenvalue weighted by Gasteiger charge is -2.24. The van der Waals surface area contributed by atoms with Gasteiger partial charge in [-0.2, -0.15) is 0 Å². The molecule has 3 rings (SSSR count). The largest absolute Gasteiger partial charge is 0.355 e. The second kappa shape index (κ2) is 8.45. The van der Waals surface area contributed by atoms with Crippen LogP contribution in [0.3, 0.4) is 0 Å². The third-order valence-electron chi connectivity index (χ3n) is 5.67. The molecule has 1 aliphatic heterocycles. The van der Waals surface area contributed by atoms with Crippen LogP contribution >= 0.6 is 0 Å². The summed E-state index contributed by atoms with van der Waals surface area (Å²) >= 11 is 0. The van der Waals surface area contributed by atoms with Crippen molar-refractivity contribution in [1.82, 2.24) is 25.2 Å². The lowest BCUT2D eigenvalue weighted by molar-refractivity contribution is 0.0815. The molecular weight excluding hydrogens is 364 g/mol. The minimum Gasteiger partial charge on any atom is -0.355 e. The summed E-state index contributed by atoms with van der Waals surface area (Å²) in [4.78, 5) is 29.7. The molecule has 156 valence electrons. The molecule has 7 heteroatoms. The van der Waals surface area contributed by atoms with Gasteiger partial charge in [0.2, 0.25) is 5.82 Å². The Kier molecular flexibility index (Phi) is 6.17. The highest BCUT2D eigenvalue weighted by Gasteiger charge is 2.28. The quantitative estimate of drug-likeness (QED) is 0.838. The van der Waals surface area contributed by atoms with Crippen LogP contribution in [0.15, 0.2) is 12.1 Å². The molecule has 2 aromatic heterocycles. The van der Waals surface area contributed by atoms with Gasteiger partial charge in [0.1, 0.15) is 5.82 Å². The van der Waals surface area contributed by atoms with Crippen molar-refractivity contribution in [2.24, 2.45) is 0 Å². The fourth-order valence-electron chi connectivity index (χ4n) is 3.90. The topological polar surface area (TPSA) is 74.2 Å². The lowest BCUT2D eigenvalue weighted by Crippen LogP contribution is -2.35. The van der Waals surface area contributed by atoms with Crippen LogP contribution in [0.5, 0.6) is 0 Å². The number of pyridine rings is 1. The number of carbonyl (C=O) groups is 1. The Morgan fingerprint density at radius 1 is 1.14 bits per heavy atom. The minimum atomic E-state index is -0.167. The van der Waals surface area contributed by atoms with Gasteiger partial charge in [0, 0.05) is 61.9 Å². The van der Waals surface area contributed by atoms with Crippen LogP contribution in [0.25, 0.3) is 0 Å². The summed E-state index contributed by atoms with van der Waals surface area (Å²) in [5, 5.41) is 3.74. The van der Waals surface area contributed by atoms with Crippen LogP contribution in [0.2, 0.25) is 0 Å². The Labute approximate surface area is 173 Å². The summed E-state index contributed by atoms with van der Waals surface area (Å²) < 4.78 is 0. The molecule has 0 saturated carbocycles. The van der Waals surface area contributed by atoms with Gasteiger partial charge in [-0.15, -0.1) is 0 Å². The van der Waals surface area contributed by atoms with Gasteiger partial charge in [-0.25, -0.2) is 9.97 Å². The third kappa shape index (κ3) is 4.56. The maximum atomic E-state index is 12.4. The van der Waals surface area contributed by atoms with Crippen molar-refractivity contribution in [3.8, 4) is 0 Å². The zero-order valence-electron chi connectivity index (χ0n) is 18.6. The van der Waals surface area contributed by atoms with Gasteiger partial charge in [0.15, 0.2) is 0 Å². The summed E-state index contributed by atoms with van der Waals surface area (Å²) in [6.45, 7) is 12.0. The third-order valence-corrected chi connectivity index (χ3v) is 5.67. The van der Waals surface area contributed by atoms with E-state index in [4.69, 9.17) is 0 Å². The van der Waals surface area contributed by atoms with Gasteiger partial charge in [0.25, 0.3) is 5.91 Å². The predicted molar refractivity (Wildman–Crippen MR) is 115 cm³/mol. The number of nitrogens with one attached hydrogen (secondary N) is 1. The van der Waals surface area contributed by atoms with Crippen molar-refractivity contribution >= 4 is 11.7 Å². The van der Waals surface area contributed by atoms with E-state index in [0.717, 1.165) is 48.0 Å². The van der Waals surface area contributed by atoms with Crippen molar-refractivity contribution in [1.29, 1.82) is 0 Å². The summed E-state index contributed by atoms with van der Waals surface area (Å²) in [5.41, 5.74) is 5.25. The molecule has 0 aromatic carbocycles. The first-order chi connectivity index (χ1) is 13.7. The summed E-state index contributed by atoms with van der Waals surface area (Å²) in [7, 11) is 3.44. The molecule has 0 aliphatic carbocycles. The first-order valence-corrected chi connectivity index (χ1v) is 10.2. The van der Waals surface area contributed by atoms with E-state index in [9.17, 15) is 4.79 Å². The maximum Gasteiger partial charge on any atom is 0.291 e. The van der Waals surface area contributed by atoms with E-state index in [1.807, 2.05) is 20.8 Å². The highest BCUT2D eigenvalue weighted by Crippen LogP contribution is 2.26. The average Bonchev–Trinajstić information content (AvgIpc) is 3.11. The number of hydrogen-bond acceptors (Lipinski definition) is 6. The minimum absolute atomic E-state index is 0.167. The SMILES string of the molecule is Cc1ccc(C(C)N[C@@H]2CCN(c3nc(C(=O)N(C)C)nc(C)c3C)C2)c(C)n1. The highest BCUT2D eigenvalue weighted by molar-refractivity contribution is 5.90. The normalized spacial score (nSPS) is 17.5. The first-order valence-electron chi connectivity index (χ1n) is 10.2. The summed E-state index contributed by atoms with van der Waals surface area (Å²) in [5.74, 6) is 0.964. The molecule has 1 amide bonds. The van der Waals surface area contributed by atoms with E-state index in [1.165, 1.54) is 10.5 Å². The number of amides is 1. The number of aryl methyl sites for hydroxylation is 3. The molecule has 1 saturated heterocycles. The Morgan fingerprint density at radius 2 is 1.86 bits per heavy atom. The number of nitrogens with zero attached hydrogens (tertiary/aromatic N) is 5. The molecule has 29 heavy (non-hydrogen) atoms. The second-order valence-electron chi connectivity index (χ2n) is 8.23. The van der Waals surface area contributed by atoms with Crippen LogP contribution in [0.1, 0.15) is 58.2 Å². The fourth-order valence-corrected chi connectivity index (χ4v) is 3.90. The van der Waals surface area contributed by atoms with Gasteiger partial charge >= 0.3 is 0 Å². The molecule has 1 fully saturated rings. The molecule has 7 nitrogen and oxygen atoms in total. The molecule has 2 atom stereocenters. The van der Waals surface area contributed by atoms with E-state index in [-0.39, 0.29) is 17.8 Å². The van der Waals surface area contributed by atoms with Crippen molar-refractivity contribution in [3.05, 3.63) is 46.2 Å². The van der Waals surface area contributed by atoms with E-state index in [1.54, 1.807) is 14.1 Å². The molecule has 1 aliphatic rings. The van der Waals surface area contributed by atoms with E-state index >= 15 is 0 Å². The van der Waals surface area contributed by atoms with E-state index < -0.39 is 0 Å². The Hall–Kier alpha value is -2.54. The standard InChI is InChI=1S/C22H32N6O/c1-13-8-9-19(16(4)23-13)17(5)24-18-10-11-28(12-18)21-14(2)15(3)25-20(26-21)22(29)27(6)7/h8-9,17-18,24H,10-12H2,1-7H3/t17?,18-/m1/s1. The molecule has 0 bridgehead atoms. The number of aromatic nitrogens is 3. The monoisotopic (exact) mass is 396 g/mol. The second-order valence-corrected chi connectivity index (χ2v) is 8.23. The molecule has 1 N–H and O–H groups in total. The van der Waals surface area contributed by atoms with Gasteiger partial charge in [-0.1, -0.05) is 6.07 Å². The van der Waals surface area contributed by atoms with Crippen LogP contribution in [0.4, 0.5) is 5.82 Å². The van der Waals surface area contributed by atoms with Crippen molar-refractivity contribution in [3.63, 3.8) is 0 Å². The van der Waals surface area contributed by atoms with Gasteiger partial charge in [-0.3, -0.25) is 9.78 Å². The Balaban J connectivity index is 1.74. The van der Waals surface area contributed by atoms with Gasteiger partial charge < -0.3 is 15.1 Å². The zero-order valence-corrected chi connectivity index (χ0v) is 18.6. The number of anilines is 1. The highest BCUT2D eigenvalue weighted by atomic mass is 16.2. The first kappa shape index (κ1) is 21.2. The molecule has 3 heterocycles. The lowest BCUT2D eigenvalue weighted by atomic mass is 10.1. The molecular formula is C22H32N6O. The zero-order chi connectivity index (χ0) is 21.3. The summed E-state index contributed by atoms with van der Waals surface area (Å²) in [6, 6.07) is 4.82. The predicted octanol–water partition coefficient (Wildman–Crippen LogP) is 2.74. The molecule has 0 radical (unpaired) electrons. The Morgan fingerprint density at radius 3 is 2.52 bits per heavy atom. The molecule has 2 aromatic rings. The average molecular weight is 397 g/mol. The molecule has 1 unspecified atom stereocenters. The fraction of sp³-hybridized carbons (Fsp3) is 0.545. The smallest absolute Gasteiger partial charge is 0.291 e. The van der Waals surface area contributed by atoms with Gasteiger partial charge in [0.05, 0.1) is 0 Å². The summed E-state index contributed by atoms with van der Waals surface area (Å²) in [6.07, 6.45) is 1.03. The Bertz CT molecular complexity index is 910. The molecule has 0 spiro atoms. The number of carbonyl (C=O) groups excluding carboxylic acids is 1. The number of hydrogen-bond donors (Lipinski definition) is 1. The maximum absolute atomic E-state index is 12.4. The van der Waals surface area contributed by atoms with Crippen LogP contribution in [0, 0.1) is 27.7 Å². The van der Waals surface area contributed by atoms with Crippen molar-refractivity contribution in [2.75, 3.05) is 32.1 Å². The van der Waals surface area contributed by atoms with Crippen LogP contribution in [-0.4, -0.2) is 59.0 Å². The van der Waals surface area contributed by atoms with Gasteiger partial charge in [-0.05, 0) is 52.7 Å². The van der Waals surface area contributed by atoms with Crippen LogP contribution < -0.4 is 10.2 Å². The van der Waals surface area contributed by atoms with Crippen LogP contribution in [-0.2, 0) is 0 Å². The van der Waals surface area contributed by atoms with E-state index in [0.29, 0.717) is 6.04 Å². The van der Waals surface area contributed by atoms with E-state index in [2.05, 4.69) is 51.1 Å². The van der Waals surface area contributed by atoms with Crippen molar-refractivity contribution < 1.29 is 4.79 Å².